The van der Waals surface area contributed by atoms with E-state index < -0.39 is 12.0 Å². The standard InChI is InChI=1S/C7H11Cl3O2Si/c1-6(7(11)12)4-2-3-5-13(8,9)10/h4H,2-3,5H2,1H3,(H,11,12)/b6-4+. The predicted octanol–water partition coefficient (Wildman–Crippen LogP) is 3.45. The van der Waals surface area contributed by atoms with E-state index in [4.69, 9.17) is 38.3 Å². The van der Waals surface area contributed by atoms with E-state index in [0.717, 1.165) is 6.42 Å². The molecule has 0 aliphatic heterocycles. The lowest BCUT2D eigenvalue weighted by molar-refractivity contribution is -0.132. The van der Waals surface area contributed by atoms with Gasteiger partial charge in [-0.1, -0.05) is 6.08 Å². The molecular weight excluding hydrogens is 251 g/mol. The molecule has 0 amide bonds. The molecular formula is C7H11Cl3O2Si. The molecule has 0 aromatic heterocycles. The summed E-state index contributed by atoms with van der Waals surface area (Å²) in [7, 11) is 0. The summed E-state index contributed by atoms with van der Waals surface area (Å²) in [5.41, 5.74) is 0.339. The number of carboxylic acids is 1. The van der Waals surface area contributed by atoms with Gasteiger partial charge in [0.15, 0.2) is 0 Å². The van der Waals surface area contributed by atoms with Crippen LogP contribution in [0, 0.1) is 0 Å². The van der Waals surface area contributed by atoms with Crippen molar-refractivity contribution < 1.29 is 9.90 Å². The van der Waals surface area contributed by atoms with Crippen molar-refractivity contribution in [1.29, 1.82) is 0 Å². The number of halogens is 3. The Labute approximate surface area is 92.6 Å². The fourth-order valence-electron chi connectivity index (χ4n) is 0.708. The molecule has 0 aliphatic rings. The van der Waals surface area contributed by atoms with E-state index in [9.17, 15) is 4.79 Å². The summed E-state index contributed by atoms with van der Waals surface area (Å²) in [5, 5.41) is 8.50. The van der Waals surface area contributed by atoms with Gasteiger partial charge in [0.25, 0.3) is 0 Å². The molecule has 0 aromatic rings. The summed E-state index contributed by atoms with van der Waals surface area (Å²) >= 11 is 16.9. The Morgan fingerprint density at radius 2 is 2.00 bits per heavy atom. The first kappa shape index (κ1) is 13.3. The number of rotatable bonds is 5. The van der Waals surface area contributed by atoms with Crippen LogP contribution in [0.15, 0.2) is 11.6 Å². The minimum absolute atomic E-state index is 0.339. The Balaban J connectivity index is 3.68. The zero-order valence-corrected chi connectivity index (χ0v) is 10.5. The van der Waals surface area contributed by atoms with E-state index in [1.807, 2.05) is 0 Å². The lowest BCUT2D eigenvalue weighted by atomic mass is 10.2. The van der Waals surface area contributed by atoms with Crippen LogP contribution in [0.3, 0.4) is 0 Å². The molecule has 76 valence electrons. The average molecular weight is 262 g/mol. The highest BCUT2D eigenvalue weighted by molar-refractivity contribution is 7.64. The first-order valence-electron chi connectivity index (χ1n) is 3.80. The molecule has 0 spiro atoms. The number of carbonyl (C=O) groups is 1. The first-order valence-corrected chi connectivity index (χ1v) is 9.04. The highest BCUT2D eigenvalue weighted by Gasteiger charge is 2.23. The molecule has 0 aromatic carbocycles. The lowest BCUT2D eigenvalue weighted by Gasteiger charge is -2.04. The second-order valence-electron chi connectivity index (χ2n) is 2.70. The maximum atomic E-state index is 10.4. The SMILES string of the molecule is C/C(=C\CCC[Si](Cl)(Cl)Cl)C(=O)O. The van der Waals surface area contributed by atoms with Gasteiger partial charge < -0.3 is 5.11 Å². The van der Waals surface area contributed by atoms with Crippen LogP contribution in [0.1, 0.15) is 19.8 Å². The summed E-state index contributed by atoms with van der Waals surface area (Å²) in [6, 6.07) is -1.95. The van der Waals surface area contributed by atoms with Gasteiger partial charge in [-0.05, 0) is 25.8 Å². The second kappa shape index (κ2) is 5.91. The Morgan fingerprint density at radius 1 is 1.46 bits per heavy atom. The van der Waals surface area contributed by atoms with Crippen LogP contribution < -0.4 is 0 Å². The summed E-state index contributed by atoms with van der Waals surface area (Å²) < 4.78 is 0. The number of aliphatic carboxylic acids is 1. The summed E-state index contributed by atoms with van der Waals surface area (Å²) in [4.78, 5) is 10.4. The molecule has 0 saturated heterocycles. The maximum Gasteiger partial charge on any atom is 0.341 e. The topological polar surface area (TPSA) is 37.3 Å². The average Bonchev–Trinajstić information content (AvgIpc) is 1.95. The van der Waals surface area contributed by atoms with E-state index in [1.54, 1.807) is 13.0 Å². The van der Waals surface area contributed by atoms with E-state index in [-0.39, 0.29) is 0 Å². The van der Waals surface area contributed by atoms with Crippen molar-refractivity contribution in [2.75, 3.05) is 0 Å². The third-order valence-electron chi connectivity index (χ3n) is 1.45. The highest BCUT2D eigenvalue weighted by atomic mass is 35.8. The Morgan fingerprint density at radius 3 is 2.38 bits per heavy atom. The molecule has 13 heavy (non-hydrogen) atoms. The Bertz CT molecular complexity index is 210. The molecule has 0 bridgehead atoms. The van der Waals surface area contributed by atoms with Crippen molar-refractivity contribution in [3.05, 3.63) is 11.6 Å². The van der Waals surface area contributed by atoms with Crippen molar-refractivity contribution in [1.82, 2.24) is 0 Å². The fourth-order valence-corrected chi connectivity index (χ4v) is 2.52. The van der Waals surface area contributed by atoms with Gasteiger partial charge in [0.1, 0.15) is 0 Å². The van der Waals surface area contributed by atoms with E-state index in [1.165, 1.54) is 0 Å². The zero-order chi connectivity index (χ0) is 10.5. The largest absolute Gasteiger partial charge is 0.478 e. The van der Waals surface area contributed by atoms with Crippen LogP contribution in [-0.4, -0.2) is 17.1 Å². The third kappa shape index (κ3) is 8.62. The van der Waals surface area contributed by atoms with Crippen molar-refractivity contribution in [2.24, 2.45) is 0 Å². The molecule has 1 N–H and O–H groups in total. The normalized spacial score (nSPS) is 13.1. The van der Waals surface area contributed by atoms with Gasteiger partial charge in [0.2, 0.25) is 0 Å². The summed E-state index contributed by atoms with van der Waals surface area (Å²) in [6.07, 6.45) is 3.03. The van der Waals surface area contributed by atoms with Crippen LogP contribution >= 0.6 is 33.2 Å². The monoisotopic (exact) mass is 260 g/mol. The highest BCUT2D eigenvalue weighted by Crippen LogP contribution is 2.27. The number of hydrogen-bond donors (Lipinski definition) is 1. The second-order valence-corrected chi connectivity index (χ2v) is 12.0. The van der Waals surface area contributed by atoms with Gasteiger partial charge in [-0.15, -0.1) is 33.2 Å². The minimum atomic E-state index is -2.52. The fraction of sp³-hybridized carbons (Fsp3) is 0.571. The quantitative estimate of drug-likeness (QED) is 0.356. The lowest BCUT2D eigenvalue weighted by Crippen LogP contribution is -2.07. The molecule has 0 aliphatic carbocycles. The van der Waals surface area contributed by atoms with E-state index in [0.29, 0.717) is 18.0 Å². The number of hydrogen-bond acceptors (Lipinski definition) is 1. The molecule has 0 saturated carbocycles. The molecule has 0 fully saturated rings. The summed E-state index contributed by atoms with van der Waals surface area (Å²) in [5.74, 6) is -0.897. The maximum absolute atomic E-state index is 10.4. The van der Waals surface area contributed by atoms with Gasteiger partial charge in [0.05, 0.1) is 0 Å². The molecule has 6 heteroatoms. The number of unbranched alkanes of at least 4 members (excludes halogenated alkanes) is 1. The predicted molar refractivity (Wildman–Crippen MR) is 58.7 cm³/mol. The molecule has 0 rings (SSSR count). The van der Waals surface area contributed by atoms with Crippen LogP contribution in [0.4, 0.5) is 0 Å². The third-order valence-corrected chi connectivity index (χ3v) is 4.07. The van der Waals surface area contributed by atoms with Gasteiger partial charge >= 0.3 is 12.0 Å². The molecule has 0 atom stereocenters. The van der Waals surface area contributed by atoms with E-state index in [2.05, 4.69) is 0 Å². The smallest absolute Gasteiger partial charge is 0.341 e. The zero-order valence-electron chi connectivity index (χ0n) is 7.19. The number of carboxylic acid groups (broad SMARTS) is 1. The van der Waals surface area contributed by atoms with Crippen LogP contribution in [0.25, 0.3) is 0 Å². The number of allylic oxidation sites excluding steroid dienone is 1. The van der Waals surface area contributed by atoms with Gasteiger partial charge in [-0.2, -0.15) is 0 Å². The van der Waals surface area contributed by atoms with Crippen molar-refractivity contribution in [3.8, 4) is 0 Å². The Kier molecular flexibility index (Phi) is 6.04. The van der Waals surface area contributed by atoms with Crippen molar-refractivity contribution in [2.45, 2.75) is 25.8 Å². The Hall–Kier alpha value is 0.297. The van der Waals surface area contributed by atoms with E-state index >= 15 is 0 Å². The van der Waals surface area contributed by atoms with Crippen molar-refractivity contribution >= 4 is 45.2 Å². The van der Waals surface area contributed by atoms with Gasteiger partial charge in [-0.3, -0.25) is 0 Å². The molecule has 2 nitrogen and oxygen atoms in total. The van der Waals surface area contributed by atoms with Crippen LogP contribution in [-0.2, 0) is 4.79 Å². The summed E-state index contributed by atoms with van der Waals surface area (Å²) in [6.45, 7) is 1.55. The molecule has 0 radical (unpaired) electrons. The molecule has 0 heterocycles. The first-order chi connectivity index (χ1) is 5.83. The van der Waals surface area contributed by atoms with Gasteiger partial charge in [0, 0.05) is 5.57 Å². The van der Waals surface area contributed by atoms with Crippen LogP contribution in [0.2, 0.25) is 6.04 Å². The minimum Gasteiger partial charge on any atom is -0.478 e. The molecule has 0 unspecified atom stereocenters. The van der Waals surface area contributed by atoms with Crippen molar-refractivity contribution in [3.63, 3.8) is 0 Å². The van der Waals surface area contributed by atoms with Gasteiger partial charge in [-0.25, -0.2) is 4.79 Å². The van der Waals surface area contributed by atoms with Crippen LogP contribution in [0.5, 0.6) is 0 Å².